The van der Waals surface area contributed by atoms with Crippen molar-refractivity contribution in [2.75, 3.05) is 0 Å². The van der Waals surface area contributed by atoms with Crippen LogP contribution in [0.1, 0.15) is 15.9 Å². The fraction of sp³-hybridized carbons (Fsp3) is 0. The third-order valence-corrected chi connectivity index (χ3v) is 3.81. The zero-order valence-corrected chi connectivity index (χ0v) is 11.6. The second-order valence-corrected chi connectivity index (χ2v) is 5.14. The Bertz CT molecular complexity index is 1030. The van der Waals surface area contributed by atoms with Gasteiger partial charge in [0.25, 0.3) is 5.69 Å². The molecule has 2 N–H and O–H groups in total. The molecule has 7 nitrogen and oxygen atoms in total. The Morgan fingerprint density at radius 2 is 1.96 bits per heavy atom. The van der Waals surface area contributed by atoms with Gasteiger partial charge in [-0.3, -0.25) is 14.9 Å². The van der Waals surface area contributed by atoms with Gasteiger partial charge in [0.1, 0.15) is 5.71 Å². The van der Waals surface area contributed by atoms with Gasteiger partial charge >= 0.3 is 0 Å². The van der Waals surface area contributed by atoms with Crippen molar-refractivity contribution >= 4 is 33.8 Å². The Morgan fingerprint density at radius 1 is 1.17 bits per heavy atom. The van der Waals surface area contributed by atoms with Crippen LogP contribution in [0.3, 0.4) is 0 Å². The van der Waals surface area contributed by atoms with Crippen molar-refractivity contribution in [3.63, 3.8) is 0 Å². The summed E-state index contributed by atoms with van der Waals surface area (Å²) in [6.45, 7) is 0. The molecule has 0 saturated heterocycles. The molecule has 0 atom stereocenters. The van der Waals surface area contributed by atoms with Gasteiger partial charge in [0.05, 0.1) is 16.2 Å². The number of aliphatic imine (C=N–C) groups is 1. The summed E-state index contributed by atoms with van der Waals surface area (Å²) in [6.07, 6.45) is 0. The lowest BCUT2D eigenvalue weighted by molar-refractivity contribution is -0.384. The SMILES string of the molecule is O=C1C(c2c(O)[nH]c3ccc([N+](=O)[O-])cc23)=Nc2ccccc21. The normalized spacial score (nSPS) is 13.2. The van der Waals surface area contributed by atoms with Crippen molar-refractivity contribution in [3.8, 4) is 5.88 Å². The first-order valence-corrected chi connectivity index (χ1v) is 6.78. The fourth-order valence-corrected chi connectivity index (χ4v) is 2.75. The summed E-state index contributed by atoms with van der Waals surface area (Å²) in [7, 11) is 0. The van der Waals surface area contributed by atoms with E-state index in [1.54, 1.807) is 24.3 Å². The molecule has 3 aromatic rings. The highest BCUT2D eigenvalue weighted by Gasteiger charge is 2.30. The van der Waals surface area contributed by atoms with Gasteiger partial charge in [0.2, 0.25) is 5.78 Å². The molecule has 0 radical (unpaired) electrons. The van der Waals surface area contributed by atoms with Crippen LogP contribution in [0.2, 0.25) is 0 Å². The van der Waals surface area contributed by atoms with Crippen LogP contribution in [0, 0.1) is 10.1 Å². The highest BCUT2D eigenvalue weighted by atomic mass is 16.6. The summed E-state index contributed by atoms with van der Waals surface area (Å²) in [6, 6.07) is 11.0. The van der Waals surface area contributed by atoms with Crippen LogP contribution in [0.25, 0.3) is 10.9 Å². The van der Waals surface area contributed by atoms with Crippen LogP contribution < -0.4 is 0 Å². The van der Waals surface area contributed by atoms with Crippen LogP contribution in [0.5, 0.6) is 5.88 Å². The number of aromatic nitrogens is 1. The van der Waals surface area contributed by atoms with Gasteiger partial charge in [0.15, 0.2) is 5.88 Å². The zero-order valence-electron chi connectivity index (χ0n) is 11.6. The number of nitro groups is 1. The number of nitro benzene ring substituents is 1. The van der Waals surface area contributed by atoms with Gasteiger partial charge < -0.3 is 10.1 Å². The van der Waals surface area contributed by atoms with Crippen LogP contribution in [-0.4, -0.2) is 26.5 Å². The number of aromatic amines is 1. The number of aromatic hydroxyl groups is 1. The highest BCUT2D eigenvalue weighted by Crippen LogP contribution is 2.36. The number of hydrogen-bond donors (Lipinski definition) is 2. The van der Waals surface area contributed by atoms with Crippen molar-refractivity contribution in [2.24, 2.45) is 4.99 Å². The number of non-ortho nitro benzene ring substituents is 1. The maximum atomic E-state index is 12.5. The van der Waals surface area contributed by atoms with Crippen molar-refractivity contribution in [3.05, 3.63) is 63.7 Å². The second kappa shape index (κ2) is 4.51. The minimum Gasteiger partial charge on any atom is -0.494 e. The number of fused-ring (bicyclic) bond motifs is 2. The molecule has 7 heteroatoms. The second-order valence-electron chi connectivity index (χ2n) is 5.14. The van der Waals surface area contributed by atoms with Crippen LogP contribution in [0.15, 0.2) is 47.5 Å². The molecule has 0 unspecified atom stereocenters. The van der Waals surface area contributed by atoms with E-state index in [1.165, 1.54) is 18.2 Å². The van der Waals surface area contributed by atoms with E-state index in [1.807, 2.05) is 0 Å². The summed E-state index contributed by atoms with van der Waals surface area (Å²) < 4.78 is 0. The van der Waals surface area contributed by atoms with E-state index in [9.17, 15) is 20.0 Å². The number of H-pyrrole nitrogens is 1. The summed E-state index contributed by atoms with van der Waals surface area (Å²) in [5.41, 5.74) is 1.60. The molecule has 1 aliphatic heterocycles. The Morgan fingerprint density at radius 3 is 2.70 bits per heavy atom. The molecule has 4 rings (SSSR count). The summed E-state index contributed by atoms with van der Waals surface area (Å²) in [5.74, 6) is -0.552. The predicted octanol–water partition coefficient (Wildman–Crippen LogP) is 3.10. The number of carbonyl (C=O) groups excluding carboxylic acids is 1. The minimum absolute atomic E-state index is 0.0791. The van der Waals surface area contributed by atoms with Gasteiger partial charge in [-0.25, -0.2) is 4.99 Å². The minimum atomic E-state index is -0.527. The Labute approximate surface area is 129 Å². The molecule has 1 aliphatic rings. The Hall–Kier alpha value is -3.48. The number of nitrogens with zero attached hydrogens (tertiary/aromatic N) is 2. The third kappa shape index (κ3) is 1.83. The molecule has 0 amide bonds. The first-order valence-electron chi connectivity index (χ1n) is 6.78. The fourth-order valence-electron chi connectivity index (χ4n) is 2.75. The first kappa shape index (κ1) is 13.2. The van der Waals surface area contributed by atoms with E-state index in [0.29, 0.717) is 22.2 Å². The van der Waals surface area contributed by atoms with E-state index >= 15 is 0 Å². The number of benzene rings is 2. The molecular weight excluding hydrogens is 298 g/mol. The quantitative estimate of drug-likeness (QED) is 0.560. The van der Waals surface area contributed by atoms with Gasteiger partial charge in [0, 0.05) is 28.6 Å². The van der Waals surface area contributed by atoms with Gasteiger partial charge in [-0.15, -0.1) is 0 Å². The predicted molar refractivity (Wildman–Crippen MR) is 83.6 cm³/mol. The van der Waals surface area contributed by atoms with Crippen molar-refractivity contribution < 1.29 is 14.8 Å². The Kier molecular flexibility index (Phi) is 2.59. The van der Waals surface area contributed by atoms with E-state index < -0.39 is 4.92 Å². The number of nitrogens with one attached hydrogen (secondary N) is 1. The molecule has 2 heterocycles. The standard InChI is InChI=1S/C16H9N3O4/c20-15-9-3-1-2-4-11(9)17-14(15)13-10-7-8(19(22)23)5-6-12(10)18-16(13)21/h1-7,18,21H. The van der Waals surface area contributed by atoms with Crippen molar-refractivity contribution in [1.82, 2.24) is 4.98 Å². The van der Waals surface area contributed by atoms with Crippen LogP contribution in [0.4, 0.5) is 11.4 Å². The lowest BCUT2D eigenvalue weighted by Crippen LogP contribution is -2.10. The molecule has 0 fully saturated rings. The molecule has 2 aromatic carbocycles. The smallest absolute Gasteiger partial charge is 0.270 e. The van der Waals surface area contributed by atoms with E-state index in [2.05, 4.69) is 9.98 Å². The molecule has 0 aliphatic carbocycles. The molecule has 23 heavy (non-hydrogen) atoms. The summed E-state index contributed by atoms with van der Waals surface area (Å²) in [4.78, 5) is 30.0. The van der Waals surface area contributed by atoms with E-state index in [4.69, 9.17) is 0 Å². The monoisotopic (exact) mass is 307 g/mol. The molecule has 0 bridgehead atoms. The number of hydrogen-bond acceptors (Lipinski definition) is 5. The maximum Gasteiger partial charge on any atom is 0.270 e. The highest BCUT2D eigenvalue weighted by molar-refractivity contribution is 6.56. The van der Waals surface area contributed by atoms with E-state index in [0.717, 1.165) is 0 Å². The number of ketones is 1. The van der Waals surface area contributed by atoms with Crippen molar-refractivity contribution in [2.45, 2.75) is 0 Å². The molecule has 1 aromatic heterocycles. The largest absolute Gasteiger partial charge is 0.494 e. The maximum absolute atomic E-state index is 12.5. The summed E-state index contributed by atoms with van der Waals surface area (Å²) in [5, 5.41) is 21.5. The molecule has 0 saturated carbocycles. The first-order chi connectivity index (χ1) is 11.1. The summed E-state index contributed by atoms with van der Waals surface area (Å²) >= 11 is 0. The number of rotatable bonds is 2. The van der Waals surface area contributed by atoms with E-state index in [-0.39, 0.29) is 28.6 Å². The number of carbonyl (C=O) groups is 1. The average Bonchev–Trinajstić information content (AvgIpc) is 3.03. The van der Waals surface area contributed by atoms with Gasteiger partial charge in [-0.2, -0.15) is 0 Å². The third-order valence-electron chi connectivity index (χ3n) is 3.81. The molecule has 112 valence electrons. The number of para-hydroxylation sites is 1. The Balaban J connectivity index is 1.97. The van der Waals surface area contributed by atoms with Crippen LogP contribution >= 0.6 is 0 Å². The topological polar surface area (TPSA) is 109 Å². The van der Waals surface area contributed by atoms with Crippen molar-refractivity contribution in [1.29, 1.82) is 0 Å². The lowest BCUT2D eigenvalue weighted by Gasteiger charge is -1.99. The zero-order chi connectivity index (χ0) is 16.1. The van der Waals surface area contributed by atoms with Crippen LogP contribution in [-0.2, 0) is 0 Å². The molecular formula is C16H9N3O4. The van der Waals surface area contributed by atoms with Gasteiger partial charge in [-0.1, -0.05) is 12.1 Å². The molecule has 0 spiro atoms. The van der Waals surface area contributed by atoms with Gasteiger partial charge in [-0.05, 0) is 18.2 Å². The number of Topliss-reactive ketones (excluding diaryl/α,β-unsaturated/α-hetero) is 1. The lowest BCUT2D eigenvalue weighted by atomic mass is 10.0. The average molecular weight is 307 g/mol.